The van der Waals surface area contributed by atoms with Gasteiger partial charge in [0, 0.05) is 12.1 Å². The third kappa shape index (κ3) is 3.19. The molecule has 0 unspecified atom stereocenters. The molecule has 2 N–H and O–H groups in total. The molecule has 1 amide bonds. The Hall–Kier alpha value is -2.56. The average molecular weight is 301 g/mol. The molecule has 0 saturated heterocycles. The molecule has 2 rings (SSSR count). The molecule has 0 spiro atoms. The Morgan fingerprint density at radius 1 is 1.27 bits per heavy atom. The van der Waals surface area contributed by atoms with E-state index in [4.69, 9.17) is 4.74 Å². The van der Waals surface area contributed by atoms with Crippen LogP contribution in [0.25, 0.3) is 5.70 Å². The number of benzene rings is 1. The van der Waals surface area contributed by atoms with Crippen LogP contribution < -0.4 is 5.32 Å². The number of hydrogen-bond donors (Lipinski definition) is 2. The molecule has 0 bridgehead atoms. The van der Waals surface area contributed by atoms with Crippen LogP contribution in [0.2, 0.25) is 0 Å². The smallest absolute Gasteiger partial charge is 0.338 e. The normalized spacial score (nSPS) is 15.5. The van der Waals surface area contributed by atoms with Crippen LogP contribution in [0.5, 0.6) is 0 Å². The van der Waals surface area contributed by atoms with Gasteiger partial charge in [-0.2, -0.15) is 0 Å². The lowest BCUT2D eigenvalue weighted by atomic mass is 9.98. The highest BCUT2D eigenvalue weighted by atomic mass is 16.5. The molecule has 0 saturated carbocycles. The van der Waals surface area contributed by atoms with Gasteiger partial charge in [-0.15, -0.1) is 0 Å². The fraction of sp³-hybridized carbons (Fsp3) is 0.294. The van der Waals surface area contributed by atoms with Gasteiger partial charge in [-0.1, -0.05) is 37.3 Å². The van der Waals surface area contributed by atoms with Crippen molar-refractivity contribution in [3.63, 3.8) is 0 Å². The Morgan fingerprint density at radius 2 is 1.95 bits per heavy atom. The quantitative estimate of drug-likeness (QED) is 0.838. The number of hydrogen-bond acceptors (Lipinski definition) is 4. The lowest BCUT2D eigenvalue weighted by Crippen LogP contribution is -2.24. The second-order valence-corrected chi connectivity index (χ2v) is 4.88. The number of rotatable bonds is 4. The lowest BCUT2D eigenvalue weighted by molar-refractivity contribution is -0.139. The van der Waals surface area contributed by atoms with Crippen molar-refractivity contribution in [3.8, 4) is 0 Å². The van der Waals surface area contributed by atoms with Gasteiger partial charge in [0.05, 0.1) is 12.2 Å². The Balaban J connectivity index is 2.47. The number of aliphatic hydroxyl groups excluding tert-OH is 1. The van der Waals surface area contributed by atoms with Crippen LogP contribution in [-0.4, -0.2) is 23.6 Å². The summed E-state index contributed by atoms with van der Waals surface area (Å²) >= 11 is 0. The molecule has 0 atom stereocenters. The first kappa shape index (κ1) is 15.8. The first-order valence-electron chi connectivity index (χ1n) is 7.26. The fourth-order valence-corrected chi connectivity index (χ4v) is 2.35. The van der Waals surface area contributed by atoms with Crippen molar-refractivity contribution >= 4 is 17.6 Å². The van der Waals surface area contributed by atoms with E-state index < -0.39 is 17.6 Å². The molecular formula is C17H19NO4. The number of allylic oxidation sites excluding steroid dienone is 1. The first-order chi connectivity index (χ1) is 10.6. The van der Waals surface area contributed by atoms with Crippen LogP contribution in [0.3, 0.4) is 0 Å². The molecule has 0 fully saturated rings. The zero-order valence-corrected chi connectivity index (χ0v) is 12.7. The summed E-state index contributed by atoms with van der Waals surface area (Å²) in [6, 6.07) is 9.36. The van der Waals surface area contributed by atoms with Crippen molar-refractivity contribution < 1.29 is 19.4 Å². The number of aliphatic hydroxyl groups is 1. The Labute approximate surface area is 129 Å². The van der Waals surface area contributed by atoms with E-state index in [1.165, 1.54) is 0 Å². The number of carbonyl (C=O) groups excluding carboxylic acids is 2. The minimum Gasteiger partial charge on any atom is -0.503 e. The van der Waals surface area contributed by atoms with Crippen LogP contribution in [0.1, 0.15) is 32.3 Å². The average Bonchev–Trinajstić information content (AvgIpc) is 2.66. The molecule has 22 heavy (non-hydrogen) atoms. The molecule has 1 aliphatic rings. The molecular weight excluding hydrogens is 282 g/mol. The van der Waals surface area contributed by atoms with Crippen molar-refractivity contribution in [1.82, 2.24) is 5.32 Å². The third-order valence-corrected chi connectivity index (χ3v) is 3.49. The molecule has 1 aliphatic heterocycles. The van der Waals surface area contributed by atoms with E-state index in [9.17, 15) is 14.7 Å². The molecule has 0 aliphatic carbocycles. The highest BCUT2D eigenvalue weighted by Crippen LogP contribution is 2.28. The standard InChI is InChI=1S/C17H19NO4/c1-3-11-10-13(17(21)22-4-2)15(19)16(20)18-14(11)12-8-6-5-7-9-12/h5-9,19H,3-4,10H2,1-2H3,(H,18,20). The second kappa shape index (κ2) is 6.93. The van der Waals surface area contributed by atoms with Crippen LogP contribution in [0, 0.1) is 0 Å². The second-order valence-electron chi connectivity index (χ2n) is 4.88. The van der Waals surface area contributed by atoms with E-state index in [2.05, 4.69) is 5.32 Å². The van der Waals surface area contributed by atoms with E-state index in [-0.39, 0.29) is 18.6 Å². The summed E-state index contributed by atoms with van der Waals surface area (Å²) in [6.07, 6.45) is 0.824. The molecule has 5 nitrogen and oxygen atoms in total. The molecule has 1 aromatic carbocycles. The molecule has 116 valence electrons. The minimum absolute atomic E-state index is 0.00197. The summed E-state index contributed by atoms with van der Waals surface area (Å²) in [5, 5.41) is 12.7. The topological polar surface area (TPSA) is 75.6 Å². The van der Waals surface area contributed by atoms with Gasteiger partial charge >= 0.3 is 5.97 Å². The van der Waals surface area contributed by atoms with Gasteiger partial charge in [0.1, 0.15) is 0 Å². The summed E-state index contributed by atoms with van der Waals surface area (Å²) in [5.41, 5.74) is 2.35. The highest BCUT2D eigenvalue weighted by Gasteiger charge is 2.28. The monoisotopic (exact) mass is 301 g/mol. The zero-order chi connectivity index (χ0) is 16.1. The Bertz CT molecular complexity index is 644. The van der Waals surface area contributed by atoms with Crippen molar-refractivity contribution in [1.29, 1.82) is 0 Å². The highest BCUT2D eigenvalue weighted by molar-refractivity contribution is 6.05. The third-order valence-electron chi connectivity index (χ3n) is 3.49. The number of carbonyl (C=O) groups is 2. The first-order valence-corrected chi connectivity index (χ1v) is 7.26. The molecule has 1 aromatic rings. The predicted octanol–water partition coefficient (Wildman–Crippen LogP) is 2.70. The summed E-state index contributed by atoms with van der Waals surface area (Å²) < 4.78 is 4.93. The molecule has 5 heteroatoms. The largest absolute Gasteiger partial charge is 0.503 e. The van der Waals surface area contributed by atoms with Crippen molar-refractivity contribution in [2.75, 3.05) is 6.61 Å². The number of amides is 1. The van der Waals surface area contributed by atoms with E-state index in [0.29, 0.717) is 12.1 Å². The van der Waals surface area contributed by atoms with Crippen molar-refractivity contribution in [2.45, 2.75) is 26.7 Å². The molecule has 0 aromatic heterocycles. The Morgan fingerprint density at radius 3 is 2.55 bits per heavy atom. The van der Waals surface area contributed by atoms with Crippen molar-refractivity contribution in [2.24, 2.45) is 0 Å². The van der Waals surface area contributed by atoms with Gasteiger partial charge in [-0.05, 0) is 24.5 Å². The van der Waals surface area contributed by atoms with Crippen molar-refractivity contribution in [3.05, 3.63) is 52.8 Å². The summed E-state index contributed by atoms with van der Waals surface area (Å²) in [4.78, 5) is 24.1. The lowest BCUT2D eigenvalue weighted by Gasteiger charge is -2.12. The van der Waals surface area contributed by atoms with E-state index >= 15 is 0 Å². The van der Waals surface area contributed by atoms with Gasteiger partial charge < -0.3 is 15.2 Å². The van der Waals surface area contributed by atoms with E-state index in [1.807, 2.05) is 37.3 Å². The van der Waals surface area contributed by atoms with Gasteiger partial charge in [0.2, 0.25) is 0 Å². The van der Waals surface area contributed by atoms with Gasteiger partial charge in [-0.25, -0.2) is 4.79 Å². The van der Waals surface area contributed by atoms with E-state index in [1.54, 1.807) is 6.92 Å². The molecule has 0 radical (unpaired) electrons. The number of ether oxygens (including phenoxy) is 1. The predicted molar refractivity (Wildman–Crippen MR) is 82.7 cm³/mol. The maximum Gasteiger partial charge on any atom is 0.338 e. The SMILES string of the molecule is CCOC(=O)C1=C(O)C(=O)NC(c2ccccc2)=C(CC)C1. The minimum atomic E-state index is -0.689. The summed E-state index contributed by atoms with van der Waals surface area (Å²) in [7, 11) is 0. The number of esters is 1. The van der Waals surface area contributed by atoms with Gasteiger partial charge in [0.25, 0.3) is 5.91 Å². The summed E-state index contributed by atoms with van der Waals surface area (Å²) in [6.45, 7) is 3.81. The van der Waals surface area contributed by atoms with Crippen LogP contribution in [0.4, 0.5) is 0 Å². The molecule has 1 heterocycles. The zero-order valence-electron chi connectivity index (χ0n) is 12.7. The van der Waals surface area contributed by atoms with E-state index in [0.717, 1.165) is 11.1 Å². The van der Waals surface area contributed by atoms with Gasteiger partial charge in [0.15, 0.2) is 5.76 Å². The van der Waals surface area contributed by atoms with Gasteiger partial charge in [-0.3, -0.25) is 4.79 Å². The fourth-order valence-electron chi connectivity index (χ4n) is 2.35. The maximum atomic E-state index is 12.1. The number of nitrogens with one attached hydrogen (secondary N) is 1. The summed E-state index contributed by atoms with van der Waals surface area (Å²) in [5.74, 6) is -1.92. The van der Waals surface area contributed by atoms with Crippen LogP contribution in [0.15, 0.2) is 47.2 Å². The van der Waals surface area contributed by atoms with Crippen LogP contribution in [-0.2, 0) is 14.3 Å². The Kier molecular flexibility index (Phi) is 4.99. The van der Waals surface area contributed by atoms with Crippen LogP contribution >= 0.6 is 0 Å². The maximum absolute atomic E-state index is 12.1.